The summed E-state index contributed by atoms with van der Waals surface area (Å²) in [7, 11) is 0. The average molecular weight is 447 g/mol. The first kappa shape index (κ1) is 25.6. The van der Waals surface area contributed by atoms with Gasteiger partial charge in [0.25, 0.3) is 0 Å². The second-order valence-electron chi connectivity index (χ2n) is 10.6. The summed E-state index contributed by atoms with van der Waals surface area (Å²) in [6, 6.07) is 0.956. The number of benzene rings is 1. The van der Waals surface area contributed by atoms with Crippen molar-refractivity contribution in [3.63, 3.8) is 0 Å². The van der Waals surface area contributed by atoms with E-state index in [4.69, 9.17) is 0 Å². The van der Waals surface area contributed by atoms with Crippen molar-refractivity contribution in [2.75, 3.05) is 0 Å². The molecule has 32 heavy (non-hydrogen) atoms. The number of hydrogen-bond donors (Lipinski definition) is 3. The van der Waals surface area contributed by atoms with Crippen LogP contribution in [-0.4, -0.2) is 38.5 Å². The molecule has 7 nitrogen and oxygen atoms in total. The Hall–Kier alpha value is -2.70. The molecule has 0 saturated heterocycles. The minimum absolute atomic E-state index is 0.0543. The largest absolute Gasteiger partial charge is 0.507 e. The predicted octanol–water partition coefficient (Wildman–Crippen LogP) is 4.16. The zero-order valence-corrected chi connectivity index (χ0v) is 20.1. The molecule has 0 aliphatic heterocycles. The maximum Gasteiger partial charge on any atom is 0.172 e. The molecule has 0 amide bonds. The fraction of sp³-hybridized carbons (Fsp3) is 0.600. The lowest BCUT2D eigenvalue weighted by molar-refractivity contribution is -0.161. The first-order chi connectivity index (χ1) is 14.5. The van der Waals surface area contributed by atoms with Crippen molar-refractivity contribution in [2.24, 2.45) is 28.6 Å². The van der Waals surface area contributed by atoms with Crippen LogP contribution in [0.3, 0.4) is 0 Å². The topological polar surface area (TPSA) is 129 Å². The monoisotopic (exact) mass is 446 g/mol. The van der Waals surface area contributed by atoms with Crippen LogP contribution in [0.2, 0.25) is 0 Å². The smallest absolute Gasteiger partial charge is 0.172 e. The summed E-state index contributed by atoms with van der Waals surface area (Å²) in [4.78, 5) is 52.5. The minimum atomic E-state index is -1.43. The highest BCUT2D eigenvalue weighted by Gasteiger charge is 2.60. The number of carbonyl (C=O) groups is 4. The number of phenols is 3. The molecular formula is C25H34O7. The van der Waals surface area contributed by atoms with E-state index in [1.165, 1.54) is 27.7 Å². The van der Waals surface area contributed by atoms with E-state index in [1.54, 1.807) is 13.8 Å². The summed E-state index contributed by atoms with van der Waals surface area (Å²) in [6.07, 6.45) is 0.226. The van der Waals surface area contributed by atoms with Gasteiger partial charge in [-0.15, -0.1) is 0 Å². The van der Waals surface area contributed by atoms with Crippen molar-refractivity contribution < 1.29 is 34.5 Å². The Bertz CT molecular complexity index is 952. The molecular weight excluding hydrogens is 412 g/mol. The highest BCUT2D eigenvalue weighted by atomic mass is 16.3. The van der Waals surface area contributed by atoms with Crippen LogP contribution in [0, 0.1) is 28.6 Å². The van der Waals surface area contributed by atoms with Gasteiger partial charge in [0.2, 0.25) is 0 Å². The van der Waals surface area contributed by atoms with Crippen LogP contribution in [0.15, 0.2) is 6.07 Å². The Morgan fingerprint density at radius 3 is 1.78 bits per heavy atom. The number of aromatic hydroxyl groups is 3. The van der Waals surface area contributed by atoms with Crippen LogP contribution in [0.1, 0.15) is 83.7 Å². The Balaban J connectivity index is 2.85. The first-order valence-corrected chi connectivity index (χ1v) is 10.9. The number of rotatable bonds is 6. The van der Waals surface area contributed by atoms with Gasteiger partial charge in [-0.1, -0.05) is 27.7 Å². The molecule has 1 aliphatic rings. The third kappa shape index (κ3) is 3.93. The van der Waals surface area contributed by atoms with Gasteiger partial charge in [-0.05, 0) is 40.0 Å². The summed E-state index contributed by atoms with van der Waals surface area (Å²) >= 11 is 0. The van der Waals surface area contributed by atoms with E-state index in [-0.39, 0.29) is 23.5 Å². The lowest BCUT2D eigenvalue weighted by Crippen LogP contribution is -2.58. The molecule has 0 aromatic heterocycles. The van der Waals surface area contributed by atoms with E-state index >= 15 is 0 Å². The van der Waals surface area contributed by atoms with Gasteiger partial charge in [-0.25, -0.2) is 0 Å². The first-order valence-electron chi connectivity index (χ1n) is 10.9. The number of carbonyl (C=O) groups excluding carboxylic acids is 4. The molecule has 3 N–H and O–H groups in total. The standard InChI is InChI=1S/C25H34O7/c1-11(2)9-13(17-21(30)24(5,6)23(32)25(7,8)22(17)31)16-14(26)10-15(27)18(20(16)29)19(28)12(3)4/h10-13,17,26-27,29H,9H2,1-8H3/t13-/m1/s1. The van der Waals surface area contributed by atoms with Crippen LogP contribution in [0.25, 0.3) is 0 Å². The van der Waals surface area contributed by atoms with Gasteiger partial charge in [-0.3, -0.25) is 19.2 Å². The van der Waals surface area contributed by atoms with Crippen molar-refractivity contribution in [1.29, 1.82) is 0 Å². The van der Waals surface area contributed by atoms with E-state index in [1.807, 2.05) is 13.8 Å². The van der Waals surface area contributed by atoms with Gasteiger partial charge in [0, 0.05) is 23.5 Å². The van der Waals surface area contributed by atoms with Crippen LogP contribution in [0.5, 0.6) is 17.2 Å². The molecule has 0 heterocycles. The molecule has 1 atom stereocenters. The van der Waals surface area contributed by atoms with Crippen LogP contribution < -0.4 is 0 Å². The van der Waals surface area contributed by atoms with Gasteiger partial charge in [0.1, 0.15) is 22.8 Å². The maximum atomic E-state index is 13.4. The Morgan fingerprint density at radius 1 is 0.906 bits per heavy atom. The van der Waals surface area contributed by atoms with Crippen molar-refractivity contribution in [3.8, 4) is 17.2 Å². The Labute approximate surface area is 188 Å². The van der Waals surface area contributed by atoms with Gasteiger partial charge in [0.05, 0.1) is 16.7 Å². The Kier molecular flexibility index (Phi) is 6.66. The molecule has 0 radical (unpaired) electrons. The third-order valence-corrected chi connectivity index (χ3v) is 6.50. The average Bonchev–Trinajstić information content (AvgIpc) is 2.65. The van der Waals surface area contributed by atoms with E-state index in [0.717, 1.165) is 6.07 Å². The number of hydrogen-bond acceptors (Lipinski definition) is 7. The number of phenolic OH excluding ortho intramolecular Hbond substituents is 3. The number of ketones is 4. The molecule has 1 saturated carbocycles. The Morgan fingerprint density at radius 2 is 1.38 bits per heavy atom. The summed E-state index contributed by atoms with van der Waals surface area (Å²) < 4.78 is 0. The summed E-state index contributed by atoms with van der Waals surface area (Å²) in [5.41, 5.74) is -3.36. The molecule has 7 heteroatoms. The maximum absolute atomic E-state index is 13.4. The summed E-state index contributed by atoms with van der Waals surface area (Å²) in [5.74, 6) is -6.81. The lowest BCUT2D eigenvalue weighted by Gasteiger charge is -2.43. The molecule has 1 aromatic carbocycles. The fourth-order valence-corrected chi connectivity index (χ4v) is 4.75. The molecule has 1 fully saturated rings. The van der Waals surface area contributed by atoms with Crippen LogP contribution in [0.4, 0.5) is 0 Å². The zero-order valence-electron chi connectivity index (χ0n) is 20.1. The summed E-state index contributed by atoms with van der Waals surface area (Å²) in [6.45, 7) is 12.9. The van der Waals surface area contributed by atoms with Gasteiger partial charge < -0.3 is 15.3 Å². The van der Waals surface area contributed by atoms with Crippen molar-refractivity contribution in [3.05, 3.63) is 17.2 Å². The lowest BCUT2D eigenvalue weighted by atomic mass is 9.55. The van der Waals surface area contributed by atoms with Gasteiger partial charge >= 0.3 is 0 Å². The predicted molar refractivity (Wildman–Crippen MR) is 119 cm³/mol. The molecule has 176 valence electrons. The number of Topliss-reactive ketones (excluding diaryl/α,β-unsaturated/α-hetero) is 4. The SMILES string of the molecule is CC(C)C[C@H](c1c(O)cc(O)c(C(=O)C(C)C)c1O)C1C(=O)C(C)(C)C(=O)C(C)(C)C1=O. The van der Waals surface area contributed by atoms with E-state index in [9.17, 15) is 34.5 Å². The highest BCUT2D eigenvalue weighted by Crippen LogP contribution is 2.52. The van der Waals surface area contributed by atoms with E-state index in [0.29, 0.717) is 0 Å². The van der Waals surface area contributed by atoms with E-state index in [2.05, 4.69) is 0 Å². The second-order valence-corrected chi connectivity index (χ2v) is 10.6. The van der Waals surface area contributed by atoms with Crippen LogP contribution >= 0.6 is 0 Å². The quantitative estimate of drug-likeness (QED) is 0.442. The molecule has 0 spiro atoms. The van der Waals surface area contributed by atoms with Crippen LogP contribution in [-0.2, 0) is 14.4 Å². The second kappa shape index (κ2) is 8.34. The zero-order chi connectivity index (χ0) is 24.9. The summed E-state index contributed by atoms with van der Waals surface area (Å²) in [5, 5.41) is 32.0. The van der Waals surface area contributed by atoms with Gasteiger partial charge in [0.15, 0.2) is 23.1 Å². The van der Waals surface area contributed by atoms with E-state index < -0.39 is 69.0 Å². The fourth-order valence-electron chi connectivity index (χ4n) is 4.75. The highest BCUT2D eigenvalue weighted by molar-refractivity contribution is 6.28. The van der Waals surface area contributed by atoms with Gasteiger partial charge in [-0.2, -0.15) is 0 Å². The van der Waals surface area contributed by atoms with Crippen molar-refractivity contribution in [1.82, 2.24) is 0 Å². The normalized spacial score (nSPS) is 19.6. The molecule has 1 aromatic rings. The molecule has 0 unspecified atom stereocenters. The minimum Gasteiger partial charge on any atom is -0.507 e. The molecule has 0 bridgehead atoms. The third-order valence-electron chi connectivity index (χ3n) is 6.50. The van der Waals surface area contributed by atoms with Crippen molar-refractivity contribution >= 4 is 23.1 Å². The van der Waals surface area contributed by atoms with Crippen molar-refractivity contribution in [2.45, 2.75) is 67.7 Å². The molecule has 1 aliphatic carbocycles. The molecule has 2 rings (SSSR count).